The van der Waals surface area contributed by atoms with Crippen molar-refractivity contribution < 1.29 is 14.3 Å². The Kier molecular flexibility index (Phi) is 6.54. The van der Waals surface area contributed by atoms with Crippen molar-refractivity contribution in [1.29, 1.82) is 0 Å². The zero-order valence-electron chi connectivity index (χ0n) is 17.1. The van der Waals surface area contributed by atoms with Crippen LogP contribution in [0.2, 0.25) is 5.02 Å². The molecule has 1 aliphatic heterocycles. The van der Waals surface area contributed by atoms with E-state index in [1.807, 2.05) is 25.7 Å². The largest absolute Gasteiger partial charge is 0.449 e. The Hall–Kier alpha value is -1.75. The van der Waals surface area contributed by atoms with Crippen molar-refractivity contribution in [3.8, 4) is 0 Å². The Morgan fingerprint density at radius 1 is 1.18 bits per heavy atom. The third-order valence-corrected chi connectivity index (χ3v) is 5.97. The molecule has 1 N–H and O–H groups in total. The highest BCUT2D eigenvalue weighted by atomic mass is 35.5. The molecule has 0 unspecified atom stereocenters. The molecular formula is C22H31ClN2O3. The van der Waals surface area contributed by atoms with Gasteiger partial charge in [0.05, 0.1) is 17.2 Å². The molecule has 2 aliphatic rings. The van der Waals surface area contributed by atoms with Crippen molar-refractivity contribution in [2.75, 3.05) is 25.0 Å². The normalized spacial score (nSPS) is 22.4. The number of rotatable bonds is 3. The van der Waals surface area contributed by atoms with Gasteiger partial charge in [0.15, 0.2) is 0 Å². The summed E-state index contributed by atoms with van der Waals surface area (Å²) in [6.45, 7) is 7.93. The van der Waals surface area contributed by atoms with Crippen molar-refractivity contribution in [2.24, 2.45) is 17.3 Å². The number of hydrogen-bond donors (Lipinski definition) is 1. The Labute approximate surface area is 172 Å². The fourth-order valence-electron chi connectivity index (χ4n) is 4.16. The molecule has 6 heteroatoms. The second-order valence-electron chi connectivity index (χ2n) is 9.30. The zero-order chi connectivity index (χ0) is 20.3. The van der Waals surface area contributed by atoms with Gasteiger partial charge in [0.2, 0.25) is 0 Å². The molecule has 1 aliphatic carbocycles. The first-order chi connectivity index (χ1) is 13.2. The predicted octanol–water partition coefficient (Wildman–Crippen LogP) is 5.59. The molecule has 1 aromatic rings. The van der Waals surface area contributed by atoms with Gasteiger partial charge in [-0.2, -0.15) is 0 Å². The molecule has 3 rings (SSSR count). The third kappa shape index (κ3) is 5.40. The van der Waals surface area contributed by atoms with Crippen LogP contribution in [0.5, 0.6) is 0 Å². The fourth-order valence-corrected chi connectivity index (χ4v) is 4.42. The molecule has 2 fully saturated rings. The summed E-state index contributed by atoms with van der Waals surface area (Å²) in [4.78, 5) is 26.8. The molecule has 0 spiro atoms. The summed E-state index contributed by atoms with van der Waals surface area (Å²) in [5, 5.41) is 3.02. The van der Waals surface area contributed by atoms with Gasteiger partial charge < -0.3 is 9.64 Å². The highest BCUT2D eigenvalue weighted by Crippen LogP contribution is 2.36. The Morgan fingerprint density at radius 2 is 1.89 bits per heavy atom. The van der Waals surface area contributed by atoms with Gasteiger partial charge in [0, 0.05) is 18.8 Å². The van der Waals surface area contributed by atoms with E-state index in [2.05, 4.69) is 5.32 Å². The first-order valence-electron chi connectivity index (χ1n) is 10.3. The smallest absolute Gasteiger partial charge is 0.411 e. The number of nitrogens with one attached hydrogen (secondary N) is 1. The second kappa shape index (κ2) is 8.73. The SMILES string of the molecule is CC(C)(C)COC(=O)Nc1ccc(C(=O)N2CC[C@H]3CCCC[C@H]3C2)c(Cl)c1. The number of fused-ring (bicyclic) bond motifs is 1. The van der Waals surface area contributed by atoms with Gasteiger partial charge in [-0.3, -0.25) is 10.1 Å². The highest BCUT2D eigenvalue weighted by molar-refractivity contribution is 6.34. The van der Waals surface area contributed by atoms with Crippen LogP contribution < -0.4 is 5.32 Å². The minimum atomic E-state index is -0.524. The molecule has 0 radical (unpaired) electrons. The van der Waals surface area contributed by atoms with Gasteiger partial charge in [-0.05, 0) is 48.3 Å². The molecule has 0 aromatic heterocycles. The monoisotopic (exact) mass is 406 g/mol. The molecular weight excluding hydrogens is 376 g/mol. The number of piperidine rings is 1. The van der Waals surface area contributed by atoms with E-state index in [0.29, 0.717) is 28.8 Å². The number of ether oxygens (including phenoxy) is 1. The van der Waals surface area contributed by atoms with E-state index in [1.54, 1.807) is 18.2 Å². The molecule has 1 heterocycles. The molecule has 5 nitrogen and oxygen atoms in total. The van der Waals surface area contributed by atoms with Crippen molar-refractivity contribution >= 4 is 29.3 Å². The van der Waals surface area contributed by atoms with Crippen molar-refractivity contribution in [3.63, 3.8) is 0 Å². The van der Waals surface area contributed by atoms with Gasteiger partial charge in [0.1, 0.15) is 0 Å². The van der Waals surface area contributed by atoms with Gasteiger partial charge >= 0.3 is 6.09 Å². The predicted molar refractivity (Wildman–Crippen MR) is 112 cm³/mol. The number of carbonyl (C=O) groups excluding carboxylic acids is 2. The fraction of sp³-hybridized carbons (Fsp3) is 0.636. The lowest BCUT2D eigenvalue weighted by molar-refractivity contribution is 0.0521. The van der Waals surface area contributed by atoms with Crippen LogP contribution in [-0.2, 0) is 4.74 Å². The van der Waals surface area contributed by atoms with Crippen LogP contribution in [0.3, 0.4) is 0 Å². The summed E-state index contributed by atoms with van der Waals surface area (Å²) in [6, 6.07) is 5.00. The minimum Gasteiger partial charge on any atom is -0.449 e. The standard InChI is InChI=1S/C22H31ClN2O3/c1-22(2,3)14-28-21(27)24-17-8-9-18(19(23)12-17)20(26)25-11-10-15-6-4-5-7-16(15)13-25/h8-9,12,15-16H,4-7,10-11,13-14H2,1-3H3,(H,24,27)/t15-,16+/m1/s1. The quantitative estimate of drug-likeness (QED) is 0.712. The van der Waals surface area contributed by atoms with Crippen LogP contribution in [-0.4, -0.2) is 36.6 Å². The van der Waals surface area contributed by atoms with Gasteiger partial charge in [-0.15, -0.1) is 0 Å². The molecule has 1 saturated carbocycles. The molecule has 2 atom stereocenters. The zero-order valence-corrected chi connectivity index (χ0v) is 17.8. The number of halogens is 1. The summed E-state index contributed by atoms with van der Waals surface area (Å²) in [6.07, 6.45) is 5.70. The summed E-state index contributed by atoms with van der Waals surface area (Å²) in [5.41, 5.74) is 0.910. The van der Waals surface area contributed by atoms with E-state index in [0.717, 1.165) is 25.4 Å². The first kappa shape index (κ1) is 21.0. The number of nitrogens with zero attached hydrogens (tertiary/aromatic N) is 1. The summed E-state index contributed by atoms with van der Waals surface area (Å²) >= 11 is 6.37. The lowest BCUT2D eigenvalue weighted by Crippen LogP contribution is -2.44. The van der Waals surface area contributed by atoms with Crippen molar-refractivity contribution in [3.05, 3.63) is 28.8 Å². The Balaban J connectivity index is 1.60. The molecule has 28 heavy (non-hydrogen) atoms. The molecule has 1 saturated heterocycles. The first-order valence-corrected chi connectivity index (χ1v) is 10.6. The summed E-state index contributed by atoms with van der Waals surface area (Å²) in [5.74, 6) is 1.39. The van der Waals surface area contributed by atoms with E-state index < -0.39 is 6.09 Å². The summed E-state index contributed by atoms with van der Waals surface area (Å²) in [7, 11) is 0. The topological polar surface area (TPSA) is 58.6 Å². The van der Waals surface area contributed by atoms with Gasteiger partial charge in [-0.1, -0.05) is 51.6 Å². The van der Waals surface area contributed by atoms with E-state index >= 15 is 0 Å². The van der Waals surface area contributed by atoms with Crippen LogP contribution in [0.15, 0.2) is 18.2 Å². The average Bonchev–Trinajstić information content (AvgIpc) is 2.65. The van der Waals surface area contributed by atoms with Crippen LogP contribution in [0.25, 0.3) is 0 Å². The van der Waals surface area contributed by atoms with Crippen LogP contribution in [0, 0.1) is 17.3 Å². The van der Waals surface area contributed by atoms with Crippen LogP contribution in [0.4, 0.5) is 10.5 Å². The minimum absolute atomic E-state index is 0.0177. The number of likely N-dealkylation sites (tertiary alicyclic amines) is 1. The number of benzene rings is 1. The Bertz CT molecular complexity index is 729. The maximum Gasteiger partial charge on any atom is 0.411 e. The van der Waals surface area contributed by atoms with E-state index in [9.17, 15) is 9.59 Å². The van der Waals surface area contributed by atoms with E-state index in [4.69, 9.17) is 16.3 Å². The maximum atomic E-state index is 13.0. The third-order valence-electron chi connectivity index (χ3n) is 5.66. The maximum absolute atomic E-state index is 13.0. The molecule has 154 valence electrons. The number of amides is 2. The highest BCUT2D eigenvalue weighted by Gasteiger charge is 2.33. The average molecular weight is 407 g/mol. The summed E-state index contributed by atoms with van der Waals surface area (Å²) < 4.78 is 5.21. The van der Waals surface area contributed by atoms with E-state index in [1.165, 1.54) is 25.7 Å². The number of carbonyl (C=O) groups is 2. The van der Waals surface area contributed by atoms with Crippen molar-refractivity contribution in [2.45, 2.75) is 52.9 Å². The number of anilines is 1. The van der Waals surface area contributed by atoms with Crippen LogP contribution in [0.1, 0.15) is 63.2 Å². The van der Waals surface area contributed by atoms with Crippen LogP contribution >= 0.6 is 11.6 Å². The second-order valence-corrected chi connectivity index (χ2v) is 9.71. The van der Waals surface area contributed by atoms with Gasteiger partial charge in [-0.25, -0.2) is 4.79 Å². The lowest BCUT2D eigenvalue weighted by atomic mass is 9.75. The molecule has 0 bridgehead atoms. The Morgan fingerprint density at radius 3 is 2.57 bits per heavy atom. The van der Waals surface area contributed by atoms with Crippen molar-refractivity contribution in [1.82, 2.24) is 4.90 Å². The van der Waals surface area contributed by atoms with E-state index in [-0.39, 0.29) is 11.3 Å². The molecule has 1 aromatic carbocycles. The molecule has 2 amide bonds. The van der Waals surface area contributed by atoms with Gasteiger partial charge in [0.25, 0.3) is 5.91 Å². The number of hydrogen-bond acceptors (Lipinski definition) is 3. The lowest BCUT2D eigenvalue weighted by Gasteiger charge is -2.41.